The quantitative estimate of drug-likeness (QED) is 0.260. The van der Waals surface area contributed by atoms with Gasteiger partial charge in [0.15, 0.2) is 0 Å². The molecule has 3 aliphatic heterocycles. The first-order valence-electron chi connectivity index (χ1n) is 16.8. The molecule has 0 bridgehead atoms. The van der Waals surface area contributed by atoms with Crippen LogP contribution < -0.4 is 4.90 Å². The van der Waals surface area contributed by atoms with E-state index < -0.39 is 11.7 Å². The van der Waals surface area contributed by atoms with Gasteiger partial charge in [0.25, 0.3) is 11.8 Å². The first kappa shape index (κ1) is 33.1. The van der Waals surface area contributed by atoms with Crippen molar-refractivity contribution in [1.29, 1.82) is 0 Å². The summed E-state index contributed by atoms with van der Waals surface area (Å²) in [5.41, 5.74) is 3.83. The number of benzene rings is 3. The number of para-hydroxylation sites is 1. The second-order valence-electron chi connectivity index (χ2n) is 13.0. The van der Waals surface area contributed by atoms with Crippen LogP contribution in [0.1, 0.15) is 43.2 Å². The molecule has 2 amide bonds. The minimum atomic E-state index is -4.50. The summed E-state index contributed by atoms with van der Waals surface area (Å²) in [4.78, 5) is 36.5. The number of hydrogen-bond donors (Lipinski definition) is 0. The van der Waals surface area contributed by atoms with E-state index in [9.17, 15) is 22.8 Å². The zero-order chi connectivity index (χ0) is 34.1. The number of carbonyl (C=O) groups is 2. The van der Waals surface area contributed by atoms with Crippen molar-refractivity contribution in [3.05, 3.63) is 113 Å². The number of fused-ring (bicyclic) bond motifs is 2. The number of anilines is 1. The Morgan fingerprint density at radius 2 is 1.43 bits per heavy atom. The number of amides is 2. The molecule has 0 spiro atoms. The normalized spacial score (nSPS) is 17.4. The van der Waals surface area contributed by atoms with Gasteiger partial charge in [-0.25, -0.2) is 0 Å². The Hall–Kier alpha value is -4.45. The highest BCUT2D eigenvalue weighted by molar-refractivity contribution is 6.07. The van der Waals surface area contributed by atoms with Crippen molar-refractivity contribution in [3.63, 3.8) is 0 Å². The lowest BCUT2D eigenvalue weighted by Gasteiger charge is -2.36. The molecular formula is C38H40F3N5O3. The van der Waals surface area contributed by atoms with E-state index in [1.807, 2.05) is 45.9 Å². The largest absolute Gasteiger partial charge is 0.417 e. The fraction of sp³-hybridized carbons (Fsp3) is 0.368. The highest BCUT2D eigenvalue weighted by Crippen LogP contribution is 2.38. The van der Waals surface area contributed by atoms with Gasteiger partial charge in [0.1, 0.15) is 5.69 Å². The van der Waals surface area contributed by atoms with Crippen molar-refractivity contribution >= 4 is 17.5 Å². The van der Waals surface area contributed by atoms with Gasteiger partial charge in [-0.2, -0.15) is 13.2 Å². The highest BCUT2D eigenvalue weighted by Gasteiger charge is 2.34. The van der Waals surface area contributed by atoms with Gasteiger partial charge in [0.05, 0.1) is 31.9 Å². The molecule has 0 radical (unpaired) electrons. The van der Waals surface area contributed by atoms with E-state index in [2.05, 4.69) is 9.80 Å². The molecule has 11 heteroatoms. The number of nitrogens with zero attached hydrogens (tertiary/aromatic N) is 5. The number of aromatic nitrogens is 1. The molecule has 8 nitrogen and oxygen atoms in total. The van der Waals surface area contributed by atoms with Gasteiger partial charge in [-0.15, -0.1) is 0 Å². The number of hydrogen-bond acceptors (Lipinski definition) is 5. The summed E-state index contributed by atoms with van der Waals surface area (Å²) in [5.74, 6) is -0.274. The zero-order valence-corrected chi connectivity index (χ0v) is 27.6. The van der Waals surface area contributed by atoms with E-state index in [-0.39, 0.29) is 23.9 Å². The Kier molecular flexibility index (Phi) is 9.32. The number of carbonyl (C=O) groups excluding carboxylic acids is 2. The predicted molar refractivity (Wildman–Crippen MR) is 182 cm³/mol. The second-order valence-corrected chi connectivity index (χ2v) is 13.0. The average molecular weight is 672 g/mol. The first-order chi connectivity index (χ1) is 23.7. The lowest BCUT2D eigenvalue weighted by molar-refractivity contribution is -0.137. The molecule has 4 aromatic rings. The number of morpholine rings is 1. The number of rotatable bonds is 6. The molecule has 3 aliphatic rings. The van der Waals surface area contributed by atoms with Crippen LogP contribution in [0.15, 0.2) is 78.9 Å². The number of halogens is 3. The van der Waals surface area contributed by atoms with Crippen molar-refractivity contribution in [1.82, 2.24) is 19.3 Å². The summed E-state index contributed by atoms with van der Waals surface area (Å²) in [6.07, 6.45) is -4.50. The van der Waals surface area contributed by atoms with Crippen LogP contribution in [-0.4, -0.2) is 96.7 Å². The third kappa shape index (κ3) is 6.88. The molecule has 7 rings (SSSR count). The van der Waals surface area contributed by atoms with Gasteiger partial charge < -0.3 is 19.1 Å². The molecule has 2 saturated heterocycles. The van der Waals surface area contributed by atoms with E-state index in [1.165, 1.54) is 12.1 Å². The third-order valence-electron chi connectivity index (χ3n) is 9.96. The molecule has 0 unspecified atom stereocenters. The van der Waals surface area contributed by atoms with E-state index in [1.54, 1.807) is 36.1 Å². The summed E-state index contributed by atoms with van der Waals surface area (Å²) in [5, 5.41) is 0. The number of piperazine rings is 1. The Bertz CT molecular complexity index is 1840. The van der Waals surface area contributed by atoms with Crippen molar-refractivity contribution in [3.8, 4) is 11.1 Å². The van der Waals surface area contributed by atoms with E-state index in [0.29, 0.717) is 42.0 Å². The first-order valence-corrected chi connectivity index (χ1v) is 16.8. The van der Waals surface area contributed by atoms with Crippen LogP contribution in [0.4, 0.5) is 18.9 Å². The monoisotopic (exact) mass is 671 g/mol. The van der Waals surface area contributed by atoms with Gasteiger partial charge >= 0.3 is 6.18 Å². The summed E-state index contributed by atoms with van der Waals surface area (Å²) in [6.45, 7) is 10.9. The highest BCUT2D eigenvalue weighted by atomic mass is 19.4. The number of alkyl halides is 3. The van der Waals surface area contributed by atoms with Gasteiger partial charge in [-0.1, -0.05) is 42.5 Å². The molecule has 1 aromatic heterocycles. The topological polar surface area (TPSA) is 61.3 Å². The van der Waals surface area contributed by atoms with E-state index >= 15 is 0 Å². The van der Waals surface area contributed by atoms with Crippen LogP contribution in [0, 0.1) is 6.92 Å². The maximum Gasteiger partial charge on any atom is 0.417 e. The SMILES string of the molecule is Cc1cc(C(=O)N2Cc3ccc(C(=O)N4CCN(CCN5CCOCC5)CC4)n3Cc3ccccc32)ccc1-c1ccccc1C(F)(F)F. The van der Waals surface area contributed by atoms with Crippen molar-refractivity contribution in [2.75, 3.05) is 70.5 Å². The Balaban J connectivity index is 1.09. The van der Waals surface area contributed by atoms with Crippen LogP contribution in [0.25, 0.3) is 11.1 Å². The summed E-state index contributed by atoms with van der Waals surface area (Å²) >= 11 is 0. The zero-order valence-electron chi connectivity index (χ0n) is 27.6. The lowest BCUT2D eigenvalue weighted by Crippen LogP contribution is -2.51. The van der Waals surface area contributed by atoms with Crippen LogP contribution in [0.5, 0.6) is 0 Å². The molecule has 256 valence electrons. The number of ether oxygens (including phenoxy) is 1. The Labute approximate surface area is 284 Å². The predicted octanol–water partition coefficient (Wildman–Crippen LogP) is 5.78. The molecule has 0 saturated carbocycles. The molecule has 3 aromatic carbocycles. The maximum absolute atomic E-state index is 14.2. The molecule has 4 heterocycles. The molecule has 0 N–H and O–H groups in total. The second kappa shape index (κ2) is 13.8. The van der Waals surface area contributed by atoms with Crippen LogP contribution in [-0.2, 0) is 24.0 Å². The molecule has 49 heavy (non-hydrogen) atoms. The van der Waals surface area contributed by atoms with Crippen LogP contribution >= 0.6 is 0 Å². The third-order valence-corrected chi connectivity index (χ3v) is 9.96. The fourth-order valence-electron chi connectivity index (χ4n) is 7.19. The average Bonchev–Trinajstić information content (AvgIpc) is 3.43. The van der Waals surface area contributed by atoms with E-state index in [0.717, 1.165) is 75.5 Å². The maximum atomic E-state index is 14.2. The fourth-order valence-corrected chi connectivity index (χ4v) is 7.19. The van der Waals surface area contributed by atoms with Gasteiger partial charge in [-0.3, -0.25) is 19.4 Å². The Morgan fingerprint density at radius 3 is 2.16 bits per heavy atom. The molecule has 0 aliphatic carbocycles. The van der Waals surface area contributed by atoms with Gasteiger partial charge in [-0.05, 0) is 65.6 Å². The molecular weight excluding hydrogens is 631 g/mol. The van der Waals surface area contributed by atoms with Crippen LogP contribution in [0.3, 0.4) is 0 Å². The number of aryl methyl sites for hydroxylation is 1. The smallest absolute Gasteiger partial charge is 0.379 e. The van der Waals surface area contributed by atoms with Crippen molar-refractivity contribution in [2.45, 2.75) is 26.2 Å². The minimum absolute atomic E-state index is 0.0123. The summed E-state index contributed by atoms with van der Waals surface area (Å²) in [6, 6.07) is 21.8. The van der Waals surface area contributed by atoms with Crippen molar-refractivity contribution < 1.29 is 27.5 Å². The lowest BCUT2D eigenvalue weighted by atomic mass is 9.94. The summed E-state index contributed by atoms with van der Waals surface area (Å²) < 4.78 is 48.8. The van der Waals surface area contributed by atoms with Gasteiger partial charge in [0, 0.05) is 69.3 Å². The van der Waals surface area contributed by atoms with Gasteiger partial charge in [0.2, 0.25) is 0 Å². The molecule has 0 atom stereocenters. The Morgan fingerprint density at radius 1 is 0.735 bits per heavy atom. The molecule has 2 fully saturated rings. The minimum Gasteiger partial charge on any atom is -0.379 e. The standard InChI is InChI=1S/C38H40F3N5O3/c1-27-24-28(10-12-31(27)32-7-3-4-8-33(32)38(39,40)41)36(47)46-26-30-11-13-35(45(30)25-29-6-2-5-9-34(29)46)37(48)44-18-16-42(17-19-44)14-15-43-20-22-49-23-21-43/h2-13,24H,14-23,25-26H2,1H3. The van der Waals surface area contributed by atoms with Crippen LogP contribution in [0.2, 0.25) is 0 Å². The van der Waals surface area contributed by atoms with Crippen molar-refractivity contribution in [2.24, 2.45) is 0 Å². The summed E-state index contributed by atoms with van der Waals surface area (Å²) in [7, 11) is 0. The van der Waals surface area contributed by atoms with E-state index in [4.69, 9.17) is 4.74 Å².